The number of carbonyl (C=O) groups is 1. The van der Waals surface area contributed by atoms with E-state index in [1.807, 2.05) is 30.5 Å². The number of methoxy groups -OCH3 is 2. The van der Waals surface area contributed by atoms with Crippen LogP contribution in [0, 0.1) is 13.8 Å². The van der Waals surface area contributed by atoms with Crippen LogP contribution >= 0.6 is 11.6 Å². The minimum absolute atomic E-state index is 0.0400. The maximum atomic E-state index is 13.0. The fourth-order valence-corrected chi connectivity index (χ4v) is 4.10. The van der Waals surface area contributed by atoms with Gasteiger partial charge in [-0.15, -0.1) is 4.83 Å². The lowest BCUT2D eigenvalue weighted by atomic mass is 10.1. The van der Waals surface area contributed by atoms with Gasteiger partial charge in [-0.05, 0) is 56.3 Å². The molecule has 164 valence electrons. The van der Waals surface area contributed by atoms with Crippen molar-refractivity contribution in [2.24, 2.45) is 0 Å². The predicted octanol–water partition coefficient (Wildman–Crippen LogP) is 3.39. The number of halogens is 1. The first kappa shape index (κ1) is 22.7. The molecular weight excluding hydrogens is 442 g/mol. The largest absolute Gasteiger partial charge is 0.493 e. The van der Waals surface area contributed by atoms with Crippen LogP contribution < -0.4 is 19.7 Å². The summed E-state index contributed by atoms with van der Waals surface area (Å²) in [7, 11) is -1.04. The molecule has 31 heavy (non-hydrogen) atoms. The molecular formula is C21H22ClN3O5S. The van der Waals surface area contributed by atoms with Crippen LogP contribution in [0.15, 0.2) is 53.4 Å². The molecule has 1 amide bonds. The zero-order valence-corrected chi connectivity index (χ0v) is 19.0. The third-order valence-electron chi connectivity index (χ3n) is 4.68. The van der Waals surface area contributed by atoms with Gasteiger partial charge in [0.1, 0.15) is 0 Å². The molecule has 3 aromatic rings. The Morgan fingerprint density at radius 2 is 1.48 bits per heavy atom. The number of aromatic nitrogens is 1. The van der Waals surface area contributed by atoms with Gasteiger partial charge in [0.2, 0.25) is 0 Å². The van der Waals surface area contributed by atoms with E-state index in [-0.39, 0.29) is 10.5 Å². The maximum Gasteiger partial charge on any atom is 0.268 e. The highest BCUT2D eigenvalue weighted by Crippen LogP contribution is 2.33. The first-order valence-electron chi connectivity index (χ1n) is 9.17. The number of hydrazine groups is 1. The molecule has 0 fully saturated rings. The van der Waals surface area contributed by atoms with E-state index in [0.29, 0.717) is 22.2 Å². The van der Waals surface area contributed by atoms with E-state index in [0.717, 1.165) is 11.4 Å². The quantitative estimate of drug-likeness (QED) is 0.523. The molecule has 0 aliphatic rings. The number of amides is 1. The average Bonchev–Trinajstić information content (AvgIpc) is 3.09. The van der Waals surface area contributed by atoms with Gasteiger partial charge in [0.15, 0.2) is 11.5 Å². The molecule has 2 N–H and O–H groups in total. The molecule has 0 aliphatic carbocycles. The van der Waals surface area contributed by atoms with Gasteiger partial charge in [-0.1, -0.05) is 11.6 Å². The smallest absolute Gasteiger partial charge is 0.268 e. The Morgan fingerprint density at radius 3 is 2.03 bits per heavy atom. The molecule has 0 saturated heterocycles. The van der Waals surface area contributed by atoms with Crippen LogP contribution in [0.2, 0.25) is 5.02 Å². The first-order valence-corrected chi connectivity index (χ1v) is 11.0. The second-order valence-corrected chi connectivity index (χ2v) is 8.81. The van der Waals surface area contributed by atoms with Crippen molar-refractivity contribution in [1.82, 2.24) is 14.8 Å². The van der Waals surface area contributed by atoms with Gasteiger partial charge in [0.25, 0.3) is 15.9 Å². The minimum atomic E-state index is -3.99. The standard InChI is InChI=1S/C21H22ClN3O5S/c1-13-5-6-14(2)25(13)18-12-20(30-4)19(29-3)11-17(18)21(26)23-24-31(27,28)16-9-7-15(22)8-10-16/h5-12,24H,1-4H3,(H,23,26). The van der Waals surface area contributed by atoms with E-state index >= 15 is 0 Å². The van der Waals surface area contributed by atoms with Gasteiger partial charge in [-0.2, -0.15) is 0 Å². The van der Waals surface area contributed by atoms with E-state index in [1.165, 1.54) is 44.6 Å². The molecule has 3 rings (SSSR count). The van der Waals surface area contributed by atoms with Crippen molar-refractivity contribution < 1.29 is 22.7 Å². The second kappa shape index (κ2) is 9.01. The van der Waals surface area contributed by atoms with Gasteiger partial charge in [0, 0.05) is 22.5 Å². The molecule has 0 atom stereocenters. The number of hydrogen-bond donors (Lipinski definition) is 2. The molecule has 8 nitrogen and oxygen atoms in total. The second-order valence-electron chi connectivity index (χ2n) is 6.69. The van der Waals surface area contributed by atoms with Gasteiger partial charge in [0.05, 0.1) is 30.4 Å². The number of ether oxygens (including phenoxy) is 2. The predicted molar refractivity (Wildman–Crippen MR) is 118 cm³/mol. The summed E-state index contributed by atoms with van der Waals surface area (Å²) in [5.41, 5.74) is 4.75. The summed E-state index contributed by atoms with van der Waals surface area (Å²) in [6.07, 6.45) is 0. The number of nitrogens with zero attached hydrogens (tertiary/aromatic N) is 1. The Morgan fingerprint density at radius 1 is 0.935 bits per heavy atom. The van der Waals surface area contributed by atoms with Crippen molar-refractivity contribution in [2.45, 2.75) is 18.7 Å². The molecule has 0 saturated carbocycles. The third kappa shape index (κ3) is 4.68. The summed E-state index contributed by atoms with van der Waals surface area (Å²) in [5.74, 6) is 0.101. The number of benzene rings is 2. The minimum Gasteiger partial charge on any atom is -0.493 e. The number of hydrogen-bond acceptors (Lipinski definition) is 5. The molecule has 0 bridgehead atoms. The molecule has 0 aliphatic heterocycles. The van der Waals surface area contributed by atoms with E-state index in [4.69, 9.17) is 21.1 Å². The van der Waals surface area contributed by atoms with E-state index < -0.39 is 15.9 Å². The fraction of sp³-hybridized carbons (Fsp3) is 0.190. The maximum absolute atomic E-state index is 13.0. The Kier molecular flexibility index (Phi) is 6.59. The van der Waals surface area contributed by atoms with E-state index in [2.05, 4.69) is 10.3 Å². The van der Waals surface area contributed by atoms with Crippen LogP contribution in [0.4, 0.5) is 0 Å². The van der Waals surface area contributed by atoms with Crippen molar-refractivity contribution in [2.75, 3.05) is 14.2 Å². The summed E-state index contributed by atoms with van der Waals surface area (Å²) in [4.78, 5) is 15.1. The zero-order valence-electron chi connectivity index (χ0n) is 17.4. The van der Waals surface area contributed by atoms with Crippen LogP contribution in [0.3, 0.4) is 0 Å². The van der Waals surface area contributed by atoms with Crippen LogP contribution in [-0.2, 0) is 10.0 Å². The summed E-state index contributed by atoms with van der Waals surface area (Å²) < 4.78 is 37.6. The summed E-state index contributed by atoms with van der Waals surface area (Å²) >= 11 is 5.80. The Balaban J connectivity index is 1.99. The van der Waals surface area contributed by atoms with Crippen LogP contribution in [0.5, 0.6) is 11.5 Å². The number of nitrogens with one attached hydrogen (secondary N) is 2. The molecule has 0 radical (unpaired) electrons. The molecule has 1 aromatic heterocycles. The van der Waals surface area contributed by atoms with Gasteiger partial charge in [-0.3, -0.25) is 10.2 Å². The van der Waals surface area contributed by atoms with Crippen LogP contribution in [0.25, 0.3) is 5.69 Å². The highest BCUT2D eigenvalue weighted by atomic mass is 35.5. The molecule has 2 aromatic carbocycles. The monoisotopic (exact) mass is 463 g/mol. The number of carbonyl (C=O) groups excluding carboxylic acids is 1. The highest BCUT2D eigenvalue weighted by molar-refractivity contribution is 7.89. The average molecular weight is 464 g/mol. The number of aryl methyl sites for hydroxylation is 2. The van der Waals surface area contributed by atoms with Crippen LogP contribution in [-0.4, -0.2) is 33.1 Å². The lowest BCUT2D eigenvalue weighted by Gasteiger charge is -2.18. The number of rotatable bonds is 7. The lowest BCUT2D eigenvalue weighted by molar-refractivity contribution is 0.0944. The molecule has 0 unspecified atom stereocenters. The third-order valence-corrected chi connectivity index (χ3v) is 6.20. The molecule has 10 heteroatoms. The Hall–Kier alpha value is -3.01. The van der Waals surface area contributed by atoms with Gasteiger partial charge >= 0.3 is 0 Å². The van der Waals surface area contributed by atoms with Crippen molar-refractivity contribution in [1.29, 1.82) is 0 Å². The van der Waals surface area contributed by atoms with Gasteiger partial charge < -0.3 is 14.0 Å². The van der Waals surface area contributed by atoms with Crippen molar-refractivity contribution >= 4 is 27.5 Å². The van der Waals surface area contributed by atoms with Crippen molar-refractivity contribution in [3.63, 3.8) is 0 Å². The van der Waals surface area contributed by atoms with Crippen molar-refractivity contribution in [3.05, 3.63) is 70.5 Å². The highest BCUT2D eigenvalue weighted by Gasteiger charge is 2.22. The summed E-state index contributed by atoms with van der Waals surface area (Å²) in [6, 6.07) is 12.6. The topological polar surface area (TPSA) is 98.7 Å². The van der Waals surface area contributed by atoms with Crippen molar-refractivity contribution in [3.8, 4) is 17.2 Å². The summed E-state index contributed by atoms with van der Waals surface area (Å²) in [6.45, 7) is 3.79. The normalized spacial score (nSPS) is 11.3. The van der Waals surface area contributed by atoms with Gasteiger partial charge in [-0.25, -0.2) is 8.42 Å². The van der Waals surface area contributed by atoms with Crippen LogP contribution in [0.1, 0.15) is 21.7 Å². The first-order chi connectivity index (χ1) is 14.7. The molecule has 1 heterocycles. The molecule has 0 spiro atoms. The van der Waals surface area contributed by atoms with E-state index in [9.17, 15) is 13.2 Å². The van der Waals surface area contributed by atoms with E-state index in [1.54, 1.807) is 6.07 Å². The zero-order chi connectivity index (χ0) is 22.8. The Labute approximate surface area is 185 Å². The number of sulfonamides is 1. The Bertz CT molecular complexity index is 1200. The summed E-state index contributed by atoms with van der Waals surface area (Å²) in [5, 5.41) is 0.399. The SMILES string of the molecule is COc1cc(C(=O)NNS(=O)(=O)c2ccc(Cl)cc2)c(-n2c(C)ccc2C)cc1OC. The fourth-order valence-electron chi connectivity index (χ4n) is 3.14. The lowest BCUT2D eigenvalue weighted by Crippen LogP contribution is -2.41.